The molecule has 1 N–H and O–H groups in total. The van der Waals surface area contributed by atoms with Crippen LogP contribution < -0.4 is 0 Å². The number of rotatable bonds is 2. The highest BCUT2D eigenvalue weighted by Crippen LogP contribution is 2.29. The summed E-state index contributed by atoms with van der Waals surface area (Å²) in [5.74, 6) is -3.93. The molecule has 0 unspecified atom stereocenters. The zero-order chi connectivity index (χ0) is 9.94. The quantitative estimate of drug-likeness (QED) is 0.646. The second-order valence-electron chi connectivity index (χ2n) is 2.28. The summed E-state index contributed by atoms with van der Waals surface area (Å²) in [6.45, 7) is 0.884. The van der Waals surface area contributed by atoms with Crippen LogP contribution in [0.2, 0.25) is 0 Å². The Balaban J connectivity index is 4.56. The van der Waals surface area contributed by atoms with E-state index in [1.807, 2.05) is 0 Å². The van der Waals surface area contributed by atoms with Gasteiger partial charge in [0.05, 0.1) is 13.2 Å². The van der Waals surface area contributed by atoms with Gasteiger partial charge in [0.25, 0.3) is 0 Å². The fourth-order valence-corrected chi connectivity index (χ4v) is 0.731. The van der Waals surface area contributed by atoms with E-state index in [4.69, 9.17) is 5.11 Å². The molecule has 0 rings (SSSR count). The maximum Gasteiger partial charge on any atom is 0.404 e. The zero-order valence-electron chi connectivity index (χ0n) is 6.55. The van der Waals surface area contributed by atoms with Gasteiger partial charge < -0.3 is 9.84 Å². The van der Waals surface area contributed by atoms with E-state index in [1.165, 1.54) is 0 Å². The molecule has 0 aromatic rings. The molecule has 0 aromatic heterocycles. The monoisotopic (exact) mass is 186 g/mol. The number of hydrogen-bond donors (Lipinski definition) is 1. The molecule has 6 heteroatoms. The van der Waals surface area contributed by atoms with Gasteiger partial charge >= 0.3 is 12.1 Å². The number of methoxy groups -OCH3 is 1. The van der Waals surface area contributed by atoms with Crippen LogP contribution in [0.1, 0.15) is 6.92 Å². The van der Waals surface area contributed by atoms with Crippen molar-refractivity contribution in [2.75, 3.05) is 7.11 Å². The number of hydrogen-bond acceptors (Lipinski definition) is 3. The van der Waals surface area contributed by atoms with Crippen LogP contribution in [0, 0.1) is 5.92 Å². The van der Waals surface area contributed by atoms with E-state index in [0.29, 0.717) is 0 Å². The van der Waals surface area contributed by atoms with Crippen LogP contribution in [0.15, 0.2) is 0 Å². The van der Waals surface area contributed by atoms with Gasteiger partial charge in [-0.25, -0.2) is 0 Å². The number of aliphatic hydroxyl groups is 1. The number of halogens is 3. The van der Waals surface area contributed by atoms with Gasteiger partial charge in [-0.1, -0.05) is 0 Å². The van der Waals surface area contributed by atoms with Gasteiger partial charge in [0.1, 0.15) is 0 Å². The number of alkyl halides is 3. The summed E-state index contributed by atoms with van der Waals surface area (Å²) in [6.07, 6.45) is -6.56. The molecule has 0 heterocycles. The van der Waals surface area contributed by atoms with Gasteiger partial charge in [0.15, 0.2) is 5.92 Å². The Morgan fingerprint density at radius 2 is 1.92 bits per heavy atom. The third kappa shape index (κ3) is 2.69. The van der Waals surface area contributed by atoms with Gasteiger partial charge in [-0.05, 0) is 6.92 Å². The van der Waals surface area contributed by atoms with Crippen LogP contribution in [0.25, 0.3) is 0 Å². The standard InChI is InChI=1S/C6H9F3O3/c1-3(10)4(5(11)12-2)6(7,8)9/h3-4,10H,1-2H3/t3-,4+/m1/s1. The summed E-state index contributed by atoms with van der Waals surface area (Å²) < 4.78 is 39.7. The lowest BCUT2D eigenvalue weighted by molar-refractivity contribution is -0.211. The summed E-state index contributed by atoms with van der Waals surface area (Å²) in [7, 11) is 0.837. The highest BCUT2D eigenvalue weighted by Gasteiger charge is 2.48. The lowest BCUT2D eigenvalue weighted by Crippen LogP contribution is -2.39. The minimum atomic E-state index is -4.76. The number of carbonyl (C=O) groups excluding carboxylic acids is 1. The first kappa shape index (κ1) is 11.2. The van der Waals surface area contributed by atoms with Crippen molar-refractivity contribution in [3.63, 3.8) is 0 Å². The van der Waals surface area contributed by atoms with Crippen LogP contribution in [-0.4, -0.2) is 30.5 Å². The number of ether oxygens (including phenoxy) is 1. The van der Waals surface area contributed by atoms with E-state index in [1.54, 1.807) is 0 Å². The van der Waals surface area contributed by atoms with E-state index >= 15 is 0 Å². The Bertz CT molecular complexity index is 164. The van der Waals surface area contributed by atoms with Crippen LogP contribution >= 0.6 is 0 Å². The van der Waals surface area contributed by atoms with Crippen LogP contribution in [0.3, 0.4) is 0 Å². The normalized spacial score (nSPS) is 16.8. The largest absolute Gasteiger partial charge is 0.468 e. The Labute approximate surface area is 67.1 Å². The summed E-state index contributed by atoms with van der Waals surface area (Å²) >= 11 is 0. The third-order valence-electron chi connectivity index (χ3n) is 1.29. The van der Waals surface area contributed by atoms with Crippen molar-refractivity contribution in [2.24, 2.45) is 5.92 Å². The maximum atomic E-state index is 11.9. The maximum absolute atomic E-state index is 11.9. The predicted molar refractivity (Wildman–Crippen MR) is 33.2 cm³/mol. The van der Waals surface area contributed by atoms with Crippen molar-refractivity contribution in [3.05, 3.63) is 0 Å². The molecule has 2 atom stereocenters. The van der Waals surface area contributed by atoms with Gasteiger partial charge in [-0.2, -0.15) is 13.2 Å². The summed E-state index contributed by atoms with van der Waals surface area (Å²) in [5, 5.41) is 8.63. The van der Waals surface area contributed by atoms with E-state index < -0.39 is 24.2 Å². The summed E-state index contributed by atoms with van der Waals surface area (Å²) in [5.41, 5.74) is 0. The lowest BCUT2D eigenvalue weighted by Gasteiger charge is -2.19. The first-order chi connectivity index (χ1) is 5.30. The zero-order valence-corrected chi connectivity index (χ0v) is 6.55. The van der Waals surface area contributed by atoms with Crippen molar-refractivity contribution in [3.8, 4) is 0 Å². The molecule has 0 aromatic carbocycles. The van der Waals surface area contributed by atoms with E-state index in [-0.39, 0.29) is 0 Å². The van der Waals surface area contributed by atoms with E-state index in [2.05, 4.69) is 4.74 Å². The minimum Gasteiger partial charge on any atom is -0.468 e. The van der Waals surface area contributed by atoms with E-state index in [9.17, 15) is 18.0 Å². The fraction of sp³-hybridized carbons (Fsp3) is 0.833. The highest BCUT2D eigenvalue weighted by atomic mass is 19.4. The molecule has 0 aliphatic carbocycles. The molecule has 0 aliphatic rings. The highest BCUT2D eigenvalue weighted by molar-refractivity contribution is 5.73. The first-order valence-electron chi connectivity index (χ1n) is 3.13. The smallest absolute Gasteiger partial charge is 0.404 e. The topological polar surface area (TPSA) is 46.5 Å². The number of aliphatic hydroxyl groups excluding tert-OH is 1. The van der Waals surface area contributed by atoms with Gasteiger partial charge in [0, 0.05) is 0 Å². The van der Waals surface area contributed by atoms with Crippen molar-refractivity contribution in [1.29, 1.82) is 0 Å². The second kappa shape index (κ2) is 3.75. The molecule has 0 radical (unpaired) electrons. The molecule has 72 valence electrons. The minimum absolute atomic E-state index is 0.837. The molecule has 0 saturated carbocycles. The van der Waals surface area contributed by atoms with Crippen molar-refractivity contribution in [1.82, 2.24) is 0 Å². The Kier molecular flexibility index (Phi) is 3.51. The van der Waals surface area contributed by atoms with E-state index in [0.717, 1.165) is 14.0 Å². The number of esters is 1. The van der Waals surface area contributed by atoms with Crippen molar-refractivity contribution in [2.45, 2.75) is 19.2 Å². The molecule has 0 fully saturated rings. The number of carbonyl (C=O) groups is 1. The van der Waals surface area contributed by atoms with Gasteiger partial charge in [0.2, 0.25) is 0 Å². The third-order valence-corrected chi connectivity index (χ3v) is 1.29. The fourth-order valence-electron chi connectivity index (χ4n) is 0.731. The Morgan fingerprint density at radius 3 is 2.00 bits per heavy atom. The molecular weight excluding hydrogens is 177 g/mol. The molecule has 0 bridgehead atoms. The average molecular weight is 186 g/mol. The summed E-state index contributed by atoms with van der Waals surface area (Å²) in [4.78, 5) is 10.5. The molecule has 0 aliphatic heterocycles. The molecule has 0 spiro atoms. The SMILES string of the molecule is COC(=O)[C@H]([C@@H](C)O)C(F)(F)F. The second-order valence-corrected chi connectivity index (χ2v) is 2.28. The Hall–Kier alpha value is -0.780. The molecule has 0 amide bonds. The Morgan fingerprint density at radius 1 is 1.50 bits per heavy atom. The first-order valence-corrected chi connectivity index (χ1v) is 3.13. The lowest BCUT2D eigenvalue weighted by atomic mass is 10.0. The molecule has 3 nitrogen and oxygen atoms in total. The summed E-state index contributed by atoms with van der Waals surface area (Å²) in [6, 6.07) is 0. The predicted octanol–water partition coefficient (Wildman–Crippen LogP) is 0.719. The van der Waals surface area contributed by atoms with Crippen LogP contribution in [-0.2, 0) is 9.53 Å². The van der Waals surface area contributed by atoms with Crippen molar-refractivity contribution < 1.29 is 27.8 Å². The molecule has 0 saturated heterocycles. The van der Waals surface area contributed by atoms with Crippen molar-refractivity contribution >= 4 is 5.97 Å². The molecular formula is C6H9F3O3. The van der Waals surface area contributed by atoms with Gasteiger partial charge in [-0.3, -0.25) is 4.79 Å². The van der Waals surface area contributed by atoms with Gasteiger partial charge in [-0.15, -0.1) is 0 Å². The van der Waals surface area contributed by atoms with Crippen LogP contribution in [0.4, 0.5) is 13.2 Å². The average Bonchev–Trinajstić information content (AvgIpc) is 1.83. The molecule has 12 heavy (non-hydrogen) atoms. The van der Waals surface area contributed by atoms with Crippen LogP contribution in [0.5, 0.6) is 0 Å².